The molecule has 0 unspecified atom stereocenters. The largest absolute Gasteiger partial charge is 0.358 e. The van der Waals surface area contributed by atoms with Crippen molar-refractivity contribution in [3.8, 4) is 0 Å². The quantitative estimate of drug-likeness (QED) is 0.670. The zero-order valence-electron chi connectivity index (χ0n) is 15.4. The van der Waals surface area contributed by atoms with Crippen LogP contribution < -0.4 is 4.90 Å². The van der Waals surface area contributed by atoms with Crippen LogP contribution in [0.15, 0.2) is 48.5 Å². The molecule has 27 heavy (non-hydrogen) atoms. The molecule has 2 heterocycles. The van der Waals surface area contributed by atoms with Crippen LogP contribution in [0.1, 0.15) is 30.4 Å². The summed E-state index contributed by atoms with van der Waals surface area (Å²) in [6, 6.07) is 16.5. The summed E-state index contributed by atoms with van der Waals surface area (Å²) in [7, 11) is 0. The first-order chi connectivity index (χ1) is 13.2. The second kappa shape index (κ2) is 8.44. The maximum Gasteiger partial charge on any atom is 0.242 e. The van der Waals surface area contributed by atoms with E-state index in [0.717, 1.165) is 41.6 Å². The predicted octanol–water partition coefficient (Wildman–Crippen LogP) is 4.95. The maximum absolute atomic E-state index is 13.3. The van der Waals surface area contributed by atoms with E-state index in [1.165, 1.54) is 42.2 Å². The van der Waals surface area contributed by atoms with Crippen molar-refractivity contribution in [1.29, 1.82) is 0 Å². The Hall–Kier alpha value is -1.85. The SMILES string of the molecule is O=C(CSC(=S)N1CCCCC1)N1c2ccccc2CCc2ccccc21. The lowest BCUT2D eigenvalue weighted by Crippen LogP contribution is -2.34. The average molecular weight is 397 g/mol. The first-order valence-electron chi connectivity index (χ1n) is 9.64. The maximum atomic E-state index is 13.3. The van der Waals surface area contributed by atoms with Crippen LogP contribution in [0.3, 0.4) is 0 Å². The number of para-hydroxylation sites is 2. The Bertz CT molecular complexity index is 798. The van der Waals surface area contributed by atoms with Gasteiger partial charge in [-0.25, -0.2) is 0 Å². The average Bonchev–Trinajstić information content (AvgIpc) is 2.89. The van der Waals surface area contributed by atoms with E-state index in [2.05, 4.69) is 41.3 Å². The molecule has 0 N–H and O–H groups in total. The molecule has 0 spiro atoms. The first-order valence-corrected chi connectivity index (χ1v) is 11.0. The molecule has 1 saturated heterocycles. The van der Waals surface area contributed by atoms with Crippen molar-refractivity contribution in [2.75, 3.05) is 23.7 Å². The molecule has 0 bridgehead atoms. The standard InChI is InChI=1S/C22H24N2OS2/c25-21(16-27-22(26)23-14-6-1-7-15-23)24-19-10-4-2-8-17(19)12-13-18-9-3-5-11-20(18)24/h2-5,8-11H,1,6-7,12-16H2. The number of rotatable bonds is 2. The van der Waals surface area contributed by atoms with Crippen molar-refractivity contribution in [1.82, 2.24) is 4.90 Å². The van der Waals surface area contributed by atoms with E-state index in [1.54, 1.807) is 0 Å². The van der Waals surface area contributed by atoms with E-state index < -0.39 is 0 Å². The minimum absolute atomic E-state index is 0.0983. The Balaban J connectivity index is 1.56. The van der Waals surface area contributed by atoms with E-state index in [0.29, 0.717) is 5.75 Å². The highest BCUT2D eigenvalue weighted by molar-refractivity contribution is 8.23. The van der Waals surface area contributed by atoms with Gasteiger partial charge in [0, 0.05) is 13.1 Å². The Morgan fingerprint density at radius 3 is 2.04 bits per heavy atom. The molecular formula is C22H24N2OS2. The van der Waals surface area contributed by atoms with Gasteiger partial charge in [0.05, 0.1) is 17.1 Å². The molecule has 3 nitrogen and oxygen atoms in total. The van der Waals surface area contributed by atoms with Crippen molar-refractivity contribution < 1.29 is 4.79 Å². The van der Waals surface area contributed by atoms with Crippen molar-refractivity contribution in [2.45, 2.75) is 32.1 Å². The Morgan fingerprint density at radius 1 is 0.889 bits per heavy atom. The number of anilines is 2. The lowest BCUT2D eigenvalue weighted by molar-refractivity contribution is -0.115. The second-order valence-corrected chi connectivity index (χ2v) is 8.70. The summed E-state index contributed by atoms with van der Waals surface area (Å²) in [5.74, 6) is 0.471. The highest BCUT2D eigenvalue weighted by Crippen LogP contribution is 2.36. The van der Waals surface area contributed by atoms with Crippen LogP contribution >= 0.6 is 24.0 Å². The van der Waals surface area contributed by atoms with Crippen molar-refractivity contribution in [2.24, 2.45) is 0 Å². The van der Waals surface area contributed by atoms with Crippen LogP contribution in [0.25, 0.3) is 0 Å². The van der Waals surface area contributed by atoms with Crippen LogP contribution in [-0.4, -0.2) is 34.0 Å². The number of likely N-dealkylation sites (tertiary alicyclic amines) is 1. The lowest BCUT2D eigenvalue weighted by atomic mass is 10.0. The minimum Gasteiger partial charge on any atom is -0.358 e. The molecule has 140 valence electrons. The van der Waals surface area contributed by atoms with Crippen molar-refractivity contribution in [3.05, 3.63) is 59.7 Å². The number of aryl methyl sites for hydroxylation is 2. The molecule has 2 aliphatic heterocycles. The molecule has 0 aliphatic carbocycles. The van der Waals surface area contributed by atoms with Gasteiger partial charge >= 0.3 is 0 Å². The van der Waals surface area contributed by atoms with Gasteiger partial charge in [0.1, 0.15) is 4.32 Å². The number of carbonyl (C=O) groups excluding carboxylic acids is 1. The third-order valence-electron chi connectivity index (χ3n) is 5.31. The van der Waals surface area contributed by atoms with Crippen molar-refractivity contribution in [3.63, 3.8) is 0 Å². The monoisotopic (exact) mass is 396 g/mol. The van der Waals surface area contributed by atoms with Gasteiger partial charge in [0.25, 0.3) is 0 Å². The Labute approximate surface area is 170 Å². The van der Waals surface area contributed by atoms with E-state index in [4.69, 9.17) is 12.2 Å². The van der Waals surface area contributed by atoms with Gasteiger partial charge < -0.3 is 4.90 Å². The number of thioether (sulfide) groups is 1. The predicted molar refractivity (Wildman–Crippen MR) is 118 cm³/mol. The molecule has 0 atom stereocenters. The molecule has 1 amide bonds. The zero-order valence-corrected chi connectivity index (χ0v) is 17.0. The molecule has 1 fully saturated rings. The number of amides is 1. The minimum atomic E-state index is 0.0983. The molecule has 0 saturated carbocycles. The lowest BCUT2D eigenvalue weighted by Gasteiger charge is -2.29. The van der Waals surface area contributed by atoms with Gasteiger partial charge in [-0.2, -0.15) is 0 Å². The van der Waals surface area contributed by atoms with E-state index >= 15 is 0 Å². The van der Waals surface area contributed by atoms with E-state index in [9.17, 15) is 4.79 Å². The van der Waals surface area contributed by atoms with Gasteiger partial charge in [-0.15, -0.1) is 0 Å². The zero-order chi connectivity index (χ0) is 18.6. The van der Waals surface area contributed by atoms with Crippen LogP contribution in [0, 0.1) is 0 Å². The normalized spacial score (nSPS) is 16.3. The topological polar surface area (TPSA) is 23.6 Å². The molecule has 2 aromatic carbocycles. The summed E-state index contributed by atoms with van der Waals surface area (Å²) in [5.41, 5.74) is 4.48. The summed E-state index contributed by atoms with van der Waals surface area (Å²) in [5, 5.41) is 0. The third kappa shape index (κ3) is 4.04. The Kier molecular flexibility index (Phi) is 5.79. The van der Waals surface area contributed by atoms with Gasteiger partial charge in [0.2, 0.25) is 5.91 Å². The summed E-state index contributed by atoms with van der Waals surface area (Å²) in [6.45, 7) is 2.05. The van der Waals surface area contributed by atoms with Gasteiger partial charge in [-0.3, -0.25) is 9.69 Å². The molecule has 2 aliphatic rings. The highest BCUT2D eigenvalue weighted by atomic mass is 32.2. The fourth-order valence-corrected chi connectivity index (χ4v) is 5.00. The van der Waals surface area contributed by atoms with Crippen LogP contribution in [0.2, 0.25) is 0 Å². The molecule has 2 aromatic rings. The first kappa shape index (κ1) is 18.5. The number of carbonyl (C=O) groups is 1. The van der Waals surface area contributed by atoms with Crippen LogP contribution in [-0.2, 0) is 17.6 Å². The number of fused-ring (bicyclic) bond motifs is 2. The van der Waals surface area contributed by atoms with Crippen molar-refractivity contribution >= 4 is 45.6 Å². The number of piperidine rings is 1. The van der Waals surface area contributed by atoms with E-state index in [1.807, 2.05) is 17.0 Å². The molecule has 0 radical (unpaired) electrons. The number of hydrogen-bond donors (Lipinski definition) is 0. The number of nitrogens with zero attached hydrogens (tertiary/aromatic N) is 2. The summed E-state index contributed by atoms with van der Waals surface area (Å²) >= 11 is 7.10. The number of hydrogen-bond acceptors (Lipinski definition) is 3. The fourth-order valence-electron chi connectivity index (χ4n) is 3.90. The smallest absolute Gasteiger partial charge is 0.242 e. The third-order valence-corrected chi connectivity index (χ3v) is 6.82. The van der Waals surface area contributed by atoms with Gasteiger partial charge in [-0.1, -0.05) is 60.4 Å². The second-order valence-electron chi connectivity index (χ2n) is 7.09. The van der Waals surface area contributed by atoms with Gasteiger partial charge in [-0.05, 0) is 55.4 Å². The number of benzene rings is 2. The van der Waals surface area contributed by atoms with Crippen LogP contribution in [0.4, 0.5) is 11.4 Å². The molecule has 4 rings (SSSR count). The van der Waals surface area contributed by atoms with E-state index in [-0.39, 0.29) is 5.91 Å². The van der Waals surface area contributed by atoms with Crippen LogP contribution in [0.5, 0.6) is 0 Å². The molecule has 5 heteroatoms. The highest BCUT2D eigenvalue weighted by Gasteiger charge is 2.26. The number of thiocarbonyl (C=S) groups is 1. The fraction of sp³-hybridized carbons (Fsp3) is 0.364. The molecular weight excluding hydrogens is 372 g/mol. The Morgan fingerprint density at radius 2 is 1.44 bits per heavy atom. The summed E-state index contributed by atoms with van der Waals surface area (Å²) in [4.78, 5) is 17.4. The summed E-state index contributed by atoms with van der Waals surface area (Å²) in [6.07, 6.45) is 5.58. The van der Waals surface area contributed by atoms with Gasteiger partial charge in [0.15, 0.2) is 0 Å². The summed E-state index contributed by atoms with van der Waals surface area (Å²) < 4.78 is 0.861. The molecule has 0 aromatic heterocycles.